The SMILES string of the molecule is Cc1cc(CNC(C)c2cccc([N+](=O)[O-])c2)c(C)s1. The van der Waals surface area contributed by atoms with E-state index in [9.17, 15) is 10.1 Å². The predicted octanol–water partition coefficient (Wildman–Crippen LogP) is 4.12. The lowest BCUT2D eigenvalue weighted by Gasteiger charge is -2.14. The largest absolute Gasteiger partial charge is 0.306 e. The molecule has 0 fully saturated rings. The molecule has 5 heteroatoms. The molecule has 4 nitrogen and oxygen atoms in total. The minimum atomic E-state index is -0.359. The van der Waals surface area contributed by atoms with E-state index in [1.807, 2.05) is 13.0 Å². The van der Waals surface area contributed by atoms with Crippen LogP contribution in [0, 0.1) is 24.0 Å². The molecule has 1 aromatic heterocycles. The Bertz CT molecular complexity index is 622. The Labute approximate surface area is 122 Å². The van der Waals surface area contributed by atoms with Gasteiger partial charge >= 0.3 is 0 Å². The van der Waals surface area contributed by atoms with Gasteiger partial charge in [-0.3, -0.25) is 10.1 Å². The van der Waals surface area contributed by atoms with E-state index in [-0.39, 0.29) is 16.7 Å². The van der Waals surface area contributed by atoms with Crippen LogP contribution in [-0.2, 0) is 6.54 Å². The molecule has 2 aromatic rings. The summed E-state index contributed by atoms with van der Waals surface area (Å²) < 4.78 is 0. The topological polar surface area (TPSA) is 55.2 Å². The maximum atomic E-state index is 10.8. The van der Waals surface area contributed by atoms with Crippen molar-refractivity contribution in [1.29, 1.82) is 0 Å². The molecule has 0 aliphatic rings. The third-order valence-electron chi connectivity index (χ3n) is 3.32. The number of hydrogen-bond acceptors (Lipinski definition) is 4. The summed E-state index contributed by atoms with van der Waals surface area (Å²) in [6.07, 6.45) is 0. The van der Waals surface area contributed by atoms with Crippen molar-refractivity contribution < 1.29 is 4.92 Å². The van der Waals surface area contributed by atoms with Crippen LogP contribution < -0.4 is 5.32 Å². The summed E-state index contributed by atoms with van der Waals surface area (Å²) in [5.74, 6) is 0. The molecule has 0 aliphatic heterocycles. The average molecular weight is 290 g/mol. The van der Waals surface area contributed by atoms with Crippen molar-refractivity contribution in [1.82, 2.24) is 5.32 Å². The Morgan fingerprint density at radius 2 is 2.10 bits per heavy atom. The molecule has 1 heterocycles. The zero-order chi connectivity index (χ0) is 14.7. The molecule has 106 valence electrons. The van der Waals surface area contributed by atoms with E-state index in [2.05, 4.69) is 25.2 Å². The van der Waals surface area contributed by atoms with Crippen molar-refractivity contribution in [3.63, 3.8) is 0 Å². The molecule has 2 rings (SSSR count). The fourth-order valence-electron chi connectivity index (χ4n) is 2.15. The van der Waals surface area contributed by atoms with Gasteiger partial charge in [-0.05, 0) is 38.0 Å². The zero-order valence-electron chi connectivity index (χ0n) is 11.8. The van der Waals surface area contributed by atoms with E-state index < -0.39 is 0 Å². The van der Waals surface area contributed by atoms with Crippen molar-refractivity contribution >= 4 is 17.0 Å². The highest BCUT2D eigenvalue weighted by atomic mass is 32.1. The van der Waals surface area contributed by atoms with Crippen LogP contribution in [0.15, 0.2) is 30.3 Å². The van der Waals surface area contributed by atoms with Gasteiger partial charge in [-0.1, -0.05) is 12.1 Å². The Balaban J connectivity index is 2.05. The number of nitrogens with one attached hydrogen (secondary N) is 1. The third-order valence-corrected chi connectivity index (χ3v) is 4.33. The summed E-state index contributed by atoms with van der Waals surface area (Å²) in [7, 11) is 0. The average Bonchev–Trinajstić information content (AvgIpc) is 2.74. The number of hydrogen-bond donors (Lipinski definition) is 1. The van der Waals surface area contributed by atoms with Crippen LogP contribution in [0.5, 0.6) is 0 Å². The van der Waals surface area contributed by atoms with Crippen molar-refractivity contribution in [2.24, 2.45) is 0 Å². The number of benzene rings is 1. The van der Waals surface area contributed by atoms with Gasteiger partial charge in [0.05, 0.1) is 4.92 Å². The summed E-state index contributed by atoms with van der Waals surface area (Å²) in [4.78, 5) is 13.1. The maximum absolute atomic E-state index is 10.8. The minimum absolute atomic E-state index is 0.0782. The van der Waals surface area contributed by atoms with Crippen LogP contribution in [0.25, 0.3) is 0 Å². The molecule has 1 atom stereocenters. The lowest BCUT2D eigenvalue weighted by atomic mass is 10.1. The quantitative estimate of drug-likeness (QED) is 0.665. The maximum Gasteiger partial charge on any atom is 0.269 e. The van der Waals surface area contributed by atoms with E-state index in [1.54, 1.807) is 23.5 Å². The molecular weight excluding hydrogens is 272 g/mol. The minimum Gasteiger partial charge on any atom is -0.306 e. The fraction of sp³-hybridized carbons (Fsp3) is 0.333. The second-order valence-electron chi connectivity index (χ2n) is 4.89. The number of nitro benzene ring substituents is 1. The van der Waals surface area contributed by atoms with Crippen LogP contribution >= 0.6 is 11.3 Å². The van der Waals surface area contributed by atoms with E-state index in [1.165, 1.54) is 21.4 Å². The van der Waals surface area contributed by atoms with Crippen molar-refractivity contribution in [3.8, 4) is 0 Å². The van der Waals surface area contributed by atoms with Gasteiger partial charge in [-0.15, -0.1) is 11.3 Å². The van der Waals surface area contributed by atoms with Crippen LogP contribution in [0.3, 0.4) is 0 Å². The van der Waals surface area contributed by atoms with Gasteiger partial charge in [0, 0.05) is 34.5 Å². The van der Waals surface area contributed by atoms with Gasteiger partial charge in [0.15, 0.2) is 0 Å². The number of non-ortho nitro benzene ring substituents is 1. The first kappa shape index (κ1) is 14.7. The Kier molecular flexibility index (Phi) is 4.52. The van der Waals surface area contributed by atoms with Crippen molar-refractivity contribution in [3.05, 3.63) is 61.3 Å². The molecule has 20 heavy (non-hydrogen) atoms. The summed E-state index contributed by atoms with van der Waals surface area (Å²) in [5, 5.41) is 14.2. The second kappa shape index (κ2) is 6.15. The molecule has 0 amide bonds. The van der Waals surface area contributed by atoms with Gasteiger partial charge in [0.25, 0.3) is 5.69 Å². The zero-order valence-corrected chi connectivity index (χ0v) is 12.7. The molecule has 0 aliphatic carbocycles. The monoisotopic (exact) mass is 290 g/mol. The molecule has 1 unspecified atom stereocenters. The van der Waals surface area contributed by atoms with Crippen LogP contribution in [0.2, 0.25) is 0 Å². The van der Waals surface area contributed by atoms with E-state index in [0.717, 1.165) is 12.1 Å². The standard InChI is InChI=1S/C15H18N2O2S/c1-10-7-14(12(3)20-10)9-16-11(2)13-5-4-6-15(8-13)17(18)19/h4-8,11,16H,9H2,1-3H3. The lowest BCUT2D eigenvalue weighted by Crippen LogP contribution is -2.18. The highest BCUT2D eigenvalue weighted by molar-refractivity contribution is 7.12. The number of nitrogens with zero attached hydrogens (tertiary/aromatic N) is 1. The van der Waals surface area contributed by atoms with Gasteiger partial charge < -0.3 is 5.32 Å². The van der Waals surface area contributed by atoms with Crippen LogP contribution in [0.4, 0.5) is 5.69 Å². The smallest absolute Gasteiger partial charge is 0.269 e. The number of aryl methyl sites for hydroxylation is 2. The van der Waals surface area contributed by atoms with E-state index in [4.69, 9.17) is 0 Å². The van der Waals surface area contributed by atoms with E-state index in [0.29, 0.717) is 0 Å². The molecule has 1 aromatic carbocycles. The van der Waals surface area contributed by atoms with Crippen molar-refractivity contribution in [2.75, 3.05) is 0 Å². The molecular formula is C15H18N2O2S. The molecule has 0 radical (unpaired) electrons. The first-order valence-electron chi connectivity index (χ1n) is 6.51. The van der Waals surface area contributed by atoms with E-state index >= 15 is 0 Å². The normalized spacial score (nSPS) is 12.3. The summed E-state index contributed by atoms with van der Waals surface area (Å²) >= 11 is 1.79. The highest BCUT2D eigenvalue weighted by Gasteiger charge is 2.11. The van der Waals surface area contributed by atoms with Crippen LogP contribution in [0.1, 0.15) is 33.8 Å². The summed E-state index contributed by atoms with van der Waals surface area (Å²) in [5.41, 5.74) is 2.37. The highest BCUT2D eigenvalue weighted by Crippen LogP contribution is 2.22. The second-order valence-corrected chi connectivity index (χ2v) is 6.35. The fourth-order valence-corrected chi connectivity index (χ4v) is 3.09. The summed E-state index contributed by atoms with van der Waals surface area (Å²) in [6.45, 7) is 7.02. The molecule has 0 saturated carbocycles. The van der Waals surface area contributed by atoms with Crippen LogP contribution in [-0.4, -0.2) is 4.92 Å². The van der Waals surface area contributed by atoms with Gasteiger partial charge in [0.1, 0.15) is 0 Å². The van der Waals surface area contributed by atoms with Gasteiger partial charge in [-0.25, -0.2) is 0 Å². The van der Waals surface area contributed by atoms with Gasteiger partial charge in [0.2, 0.25) is 0 Å². The molecule has 0 spiro atoms. The van der Waals surface area contributed by atoms with Crippen molar-refractivity contribution in [2.45, 2.75) is 33.4 Å². The Morgan fingerprint density at radius 3 is 2.70 bits per heavy atom. The molecule has 0 bridgehead atoms. The number of rotatable bonds is 5. The lowest BCUT2D eigenvalue weighted by molar-refractivity contribution is -0.384. The first-order valence-corrected chi connectivity index (χ1v) is 7.32. The van der Waals surface area contributed by atoms with Gasteiger partial charge in [-0.2, -0.15) is 0 Å². The Hall–Kier alpha value is -1.72. The third kappa shape index (κ3) is 3.43. The summed E-state index contributed by atoms with van der Waals surface area (Å²) in [6, 6.07) is 9.05. The Morgan fingerprint density at radius 1 is 1.35 bits per heavy atom. The first-order chi connectivity index (χ1) is 9.47. The number of nitro groups is 1. The predicted molar refractivity (Wildman–Crippen MR) is 82.1 cm³/mol. The number of thiophene rings is 1. The molecule has 0 saturated heterocycles. The molecule has 1 N–H and O–H groups in total.